The van der Waals surface area contributed by atoms with Crippen LogP contribution < -0.4 is 12.4 Å². The maximum atomic E-state index is 3.96. The van der Waals surface area contributed by atoms with Crippen LogP contribution >= 0.6 is 0 Å². The van der Waals surface area contributed by atoms with E-state index in [2.05, 4.69) is 33.4 Å². The van der Waals surface area contributed by atoms with Crippen molar-refractivity contribution in [1.29, 1.82) is 0 Å². The quantitative estimate of drug-likeness (QED) is 0.0797. The molecule has 188 valence electrons. The molecule has 0 saturated heterocycles. The summed E-state index contributed by atoms with van der Waals surface area (Å²) in [6.07, 6.45) is 31.3. The van der Waals surface area contributed by atoms with E-state index in [0.29, 0.717) is 0 Å². The minimum absolute atomic E-state index is 0. The lowest BCUT2D eigenvalue weighted by Crippen LogP contribution is -3.00. The Morgan fingerprint density at radius 2 is 0.774 bits per heavy atom. The van der Waals surface area contributed by atoms with E-state index in [4.69, 9.17) is 0 Å². The predicted octanol–water partition coefficient (Wildman–Crippen LogP) is 6.85. The summed E-state index contributed by atoms with van der Waals surface area (Å²) >= 11 is 0. The minimum Gasteiger partial charge on any atom is -1.00 e. The summed E-state index contributed by atoms with van der Waals surface area (Å²) in [6, 6.07) is 0. The summed E-state index contributed by atoms with van der Waals surface area (Å²) in [6.45, 7) is 15.9. The van der Waals surface area contributed by atoms with Gasteiger partial charge in [-0.05, 0) is 32.8 Å². The zero-order chi connectivity index (χ0) is 22.2. The Kier molecular flexibility index (Phi) is 28.1. The first-order valence-electron chi connectivity index (χ1n) is 14.2. The molecular weight excluding hydrogens is 398 g/mol. The molecule has 0 heterocycles. The highest BCUT2D eigenvalue weighted by Gasteiger charge is 2.20. The molecular formula is C29H60ClN. The third kappa shape index (κ3) is 21.6. The van der Waals surface area contributed by atoms with Crippen LogP contribution in [0, 0.1) is 0 Å². The molecule has 0 aliphatic rings. The van der Waals surface area contributed by atoms with Crippen LogP contribution in [0.5, 0.6) is 0 Å². The van der Waals surface area contributed by atoms with Crippen LogP contribution in [0.1, 0.15) is 149 Å². The van der Waals surface area contributed by atoms with E-state index in [1.54, 1.807) is 0 Å². The number of hydrogen-bond donors (Lipinski definition) is 0. The van der Waals surface area contributed by atoms with Crippen molar-refractivity contribution in [2.45, 2.75) is 149 Å². The molecule has 0 amide bonds. The Bertz CT molecular complexity index is 338. The molecule has 0 bridgehead atoms. The number of likely N-dealkylation sites (N-methyl/N-ethyl adjacent to an activating group) is 1. The van der Waals surface area contributed by atoms with Crippen molar-refractivity contribution in [2.24, 2.45) is 0 Å². The van der Waals surface area contributed by atoms with E-state index >= 15 is 0 Å². The van der Waals surface area contributed by atoms with Gasteiger partial charge in [0.05, 0.1) is 26.2 Å². The number of halogens is 1. The van der Waals surface area contributed by atoms with E-state index in [1.165, 1.54) is 153 Å². The van der Waals surface area contributed by atoms with Crippen LogP contribution in [0.4, 0.5) is 0 Å². The van der Waals surface area contributed by atoms with Gasteiger partial charge in [-0.15, -0.1) is 0 Å². The molecule has 2 heteroatoms. The Balaban J connectivity index is 0. The Labute approximate surface area is 204 Å². The van der Waals surface area contributed by atoms with Crippen LogP contribution in [-0.4, -0.2) is 30.7 Å². The van der Waals surface area contributed by atoms with Crippen LogP contribution in [-0.2, 0) is 0 Å². The van der Waals surface area contributed by atoms with Gasteiger partial charge in [0.1, 0.15) is 0 Å². The fraction of sp³-hybridized carbons (Fsp3) is 0.931. The molecule has 31 heavy (non-hydrogen) atoms. The average Bonchev–Trinajstić information content (AvgIpc) is 2.77. The third-order valence-corrected chi connectivity index (χ3v) is 7.34. The Morgan fingerprint density at radius 3 is 1.03 bits per heavy atom. The maximum absolute atomic E-state index is 3.96. The smallest absolute Gasteiger partial charge is 0.0970 e. The van der Waals surface area contributed by atoms with Gasteiger partial charge in [-0.25, -0.2) is 0 Å². The lowest BCUT2D eigenvalue weighted by molar-refractivity contribution is -0.919. The summed E-state index contributed by atoms with van der Waals surface area (Å²) in [7, 11) is 0. The van der Waals surface area contributed by atoms with Gasteiger partial charge in [0.2, 0.25) is 0 Å². The standard InChI is InChI=1S/C29H60N.ClH/c1-5-9-10-11-12-13-14-15-16-17-18-19-20-21-22-23-24-25-26-27-29-30(7-3,8-4)28-6-2;/h6H,2,5,7-29H2,1,3-4H3;1H/q+1;/p-1. The first-order chi connectivity index (χ1) is 14.7. The van der Waals surface area contributed by atoms with E-state index < -0.39 is 0 Å². The van der Waals surface area contributed by atoms with Crippen LogP contribution in [0.15, 0.2) is 12.7 Å². The Hall–Kier alpha value is -0.0100. The van der Waals surface area contributed by atoms with E-state index in [9.17, 15) is 0 Å². The third-order valence-electron chi connectivity index (χ3n) is 7.34. The Morgan fingerprint density at radius 1 is 0.484 bits per heavy atom. The fourth-order valence-electron chi connectivity index (χ4n) is 4.87. The topological polar surface area (TPSA) is 0 Å². The highest BCUT2D eigenvalue weighted by atomic mass is 35.5. The molecule has 0 aromatic rings. The van der Waals surface area contributed by atoms with Crippen molar-refractivity contribution in [1.82, 2.24) is 0 Å². The van der Waals surface area contributed by atoms with Crippen LogP contribution in [0.25, 0.3) is 0 Å². The normalized spacial score (nSPS) is 11.5. The second kappa shape index (κ2) is 26.2. The summed E-state index contributed by atoms with van der Waals surface area (Å²) < 4.78 is 1.24. The summed E-state index contributed by atoms with van der Waals surface area (Å²) in [5, 5.41) is 0. The van der Waals surface area contributed by atoms with Crippen LogP contribution in [0.3, 0.4) is 0 Å². The fourth-order valence-corrected chi connectivity index (χ4v) is 4.87. The highest BCUT2D eigenvalue weighted by Crippen LogP contribution is 2.15. The number of unbranched alkanes of at least 4 members (excludes halogenated alkanes) is 19. The molecule has 0 spiro atoms. The zero-order valence-electron chi connectivity index (χ0n) is 22.1. The molecule has 1 nitrogen and oxygen atoms in total. The molecule has 0 atom stereocenters. The van der Waals surface area contributed by atoms with Gasteiger partial charge >= 0.3 is 0 Å². The lowest BCUT2D eigenvalue weighted by Gasteiger charge is -2.36. The van der Waals surface area contributed by atoms with E-state index in [-0.39, 0.29) is 12.4 Å². The van der Waals surface area contributed by atoms with Gasteiger partial charge < -0.3 is 16.9 Å². The lowest BCUT2D eigenvalue weighted by atomic mass is 10.0. The number of rotatable bonds is 25. The summed E-state index contributed by atoms with van der Waals surface area (Å²) in [5.74, 6) is 0. The van der Waals surface area contributed by atoms with Gasteiger partial charge in [-0.1, -0.05) is 129 Å². The SMILES string of the molecule is C=CC[N+](CC)(CC)CCCCCCCCCCCCCCCCCCCCCC.[Cl-]. The van der Waals surface area contributed by atoms with Gasteiger partial charge in [0.25, 0.3) is 0 Å². The first kappa shape index (κ1) is 33.2. The second-order valence-corrected chi connectivity index (χ2v) is 9.89. The van der Waals surface area contributed by atoms with Crippen molar-refractivity contribution in [3.8, 4) is 0 Å². The van der Waals surface area contributed by atoms with E-state index in [0.717, 1.165) is 6.54 Å². The minimum atomic E-state index is 0. The molecule has 0 aliphatic carbocycles. The van der Waals surface area contributed by atoms with Crippen molar-refractivity contribution in [3.63, 3.8) is 0 Å². The number of nitrogens with zero attached hydrogens (tertiary/aromatic N) is 1. The van der Waals surface area contributed by atoms with Crippen molar-refractivity contribution >= 4 is 0 Å². The molecule has 0 radical (unpaired) electrons. The molecule has 0 unspecified atom stereocenters. The second-order valence-electron chi connectivity index (χ2n) is 9.89. The molecule has 0 aromatic heterocycles. The monoisotopic (exact) mass is 457 g/mol. The molecule has 0 N–H and O–H groups in total. The molecule has 0 saturated carbocycles. The van der Waals surface area contributed by atoms with Crippen molar-refractivity contribution in [2.75, 3.05) is 26.2 Å². The predicted molar refractivity (Wildman–Crippen MR) is 139 cm³/mol. The van der Waals surface area contributed by atoms with Crippen molar-refractivity contribution in [3.05, 3.63) is 12.7 Å². The van der Waals surface area contributed by atoms with Gasteiger partial charge in [-0.2, -0.15) is 0 Å². The molecule has 0 rings (SSSR count). The number of quaternary nitrogens is 1. The van der Waals surface area contributed by atoms with Crippen LogP contribution in [0.2, 0.25) is 0 Å². The number of hydrogen-bond acceptors (Lipinski definition) is 0. The van der Waals surface area contributed by atoms with Gasteiger partial charge in [-0.3, -0.25) is 0 Å². The molecule has 0 aromatic carbocycles. The molecule has 0 aliphatic heterocycles. The van der Waals surface area contributed by atoms with Gasteiger partial charge in [0.15, 0.2) is 0 Å². The maximum Gasteiger partial charge on any atom is 0.0970 e. The van der Waals surface area contributed by atoms with E-state index in [1.807, 2.05) is 0 Å². The highest BCUT2D eigenvalue weighted by molar-refractivity contribution is 4.66. The van der Waals surface area contributed by atoms with Gasteiger partial charge in [0, 0.05) is 0 Å². The first-order valence-corrected chi connectivity index (χ1v) is 14.2. The summed E-state index contributed by atoms with van der Waals surface area (Å²) in [5.41, 5.74) is 0. The zero-order valence-corrected chi connectivity index (χ0v) is 22.8. The largest absolute Gasteiger partial charge is 1.00 e. The average molecular weight is 458 g/mol. The summed E-state index contributed by atoms with van der Waals surface area (Å²) in [4.78, 5) is 0. The molecule has 0 fully saturated rings. The van der Waals surface area contributed by atoms with Crippen molar-refractivity contribution < 1.29 is 16.9 Å².